The van der Waals surface area contributed by atoms with Crippen LogP contribution in [0.1, 0.15) is 19.8 Å². The summed E-state index contributed by atoms with van der Waals surface area (Å²) in [7, 11) is 0. The summed E-state index contributed by atoms with van der Waals surface area (Å²) >= 11 is 0. The first-order valence-electron chi connectivity index (χ1n) is 4.82. The van der Waals surface area contributed by atoms with Crippen LogP contribution in [-0.4, -0.2) is 29.8 Å². The van der Waals surface area contributed by atoms with Crippen molar-refractivity contribution in [1.29, 1.82) is 0 Å². The van der Waals surface area contributed by atoms with Crippen molar-refractivity contribution < 1.29 is 23.1 Å². The number of alkyl halides is 3. The van der Waals surface area contributed by atoms with Crippen molar-refractivity contribution >= 4 is 5.97 Å². The number of halogens is 3. The van der Waals surface area contributed by atoms with Gasteiger partial charge in [0.15, 0.2) is 5.92 Å². The van der Waals surface area contributed by atoms with Crippen molar-refractivity contribution in [3.63, 3.8) is 0 Å². The highest BCUT2D eigenvalue weighted by atomic mass is 19.4. The van der Waals surface area contributed by atoms with E-state index in [0.29, 0.717) is 12.8 Å². The zero-order valence-corrected chi connectivity index (χ0v) is 8.84. The minimum absolute atomic E-state index is 0.515. The fourth-order valence-electron chi connectivity index (χ4n) is 1.14. The summed E-state index contributed by atoms with van der Waals surface area (Å²) in [6.07, 6.45) is 1.56. The van der Waals surface area contributed by atoms with E-state index < -0.39 is 30.7 Å². The number of rotatable bonds is 6. The van der Waals surface area contributed by atoms with Gasteiger partial charge in [-0.25, -0.2) is 0 Å². The molecule has 0 aliphatic carbocycles. The van der Waals surface area contributed by atoms with E-state index in [1.54, 1.807) is 0 Å². The molecule has 0 fully saturated rings. The second-order valence-corrected chi connectivity index (χ2v) is 3.35. The first-order chi connectivity index (χ1) is 7.32. The van der Waals surface area contributed by atoms with Gasteiger partial charge >= 0.3 is 12.1 Å². The molecule has 0 saturated carbocycles. The smallest absolute Gasteiger partial charge is 0.403 e. The molecule has 0 aliphatic rings. The summed E-state index contributed by atoms with van der Waals surface area (Å²) in [6, 6.07) is -0.519. The highest BCUT2D eigenvalue weighted by Crippen LogP contribution is 2.25. The van der Waals surface area contributed by atoms with Gasteiger partial charge in [-0.1, -0.05) is 19.3 Å². The Labute approximate surface area is 92.0 Å². The van der Waals surface area contributed by atoms with E-state index in [1.807, 2.05) is 6.92 Å². The number of terminal acetylenes is 1. The zero-order valence-electron chi connectivity index (χ0n) is 8.84. The SMILES string of the molecule is C#CC(CCC)NCC(C(=O)O)C(F)(F)F. The molecule has 0 aromatic heterocycles. The lowest BCUT2D eigenvalue weighted by Gasteiger charge is -2.19. The summed E-state index contributed by atoms with van der Waals surface area (Å²) in [5, 5.41) is 10.8. The molecule has 2 N–H and O–H groups in total. The number of carbonyl (C=O) groups is 1. The van der Waals surface area contributed by atoms with Crippen LogP contribution in [0.3, 0.4) is 0 Å². The van der Waals surface area contributed by atoms with Crippen LogP contribution in [0.25, 0.3) is 0 Å². The Morgan fingerprint density at radius 2 is 2.12 bits per heavy atom. The van der Waals surface area contributed by atoms with Crippen LogP contribution >= 0.6 is 0 Å². The quantitative estimate of drug-likeness (QED) is 0.690. The van der Waals surface area contributed by atoms with Gasteiger partial charge in [-0.15, -0.1) is 6.42 Å². The molecule has 3 nitrogen and oxygen atoms in total. The van der Waals surface area contributed by atoms with Crippen LogP contribution in [0, 0.1) is 18.3 Å². The fraction of sp³-hybridized carbons (Fsp3) is 0.700. The van der Waals surface area contributed by atoms with E-state index in [1.165, 1.54) is 0 Å². The lowest BCUT2D eigenvalue weighted by atomic mass is 10.1. The van der Waals surface area contributed by atoms with E-state index in [-0.39, 0.29) is 0 Å². The fourth-order valence-corrected chi connectivity index (χ4v) is 1.14. The molecule has 0 amide bonds. The molecule has 0 saturated heterocycles. The van der Waals surface area contributed by atoms with E-state index in [2.05, 4.69) is 11.2 Å². The van der Waals surface area contributed by atoms with Crippen LogP contribution in [-0.2, 0) is 4.79 Å². The maximum absolute atomic E-state index is 12.2. The van der Waals surface area contributed by atoms with E-state index in [4.69, 9.17) is 11.5 Å². The van der Waals surface area contributed by atoms with E-state index in [9.17, 15) is 18.0 Å². The van der Waals surface area contributed by atoms with Crippen molar-refractivity contribution in [3.8, 4) is 12.3 Å². The number of aliphatic carboxylic acids is 1. The van der Waals surface area contributed by atoms with E-state index >= 15 is 0 Å². The summed E-state index contributed by atoms with van der Waals surface area (Å²) in [5.41, 5.74) is 0. The number of hydrogen-bond acceptors (Lipinski definition) is 2. The summed E-state index contributed by atoms with van der Waals surface area (Å²) in [4.78, 5) is 10.4. The van der Waals surface area contributed by atoms with Crippen molar-refractivity contribution in [2.75, 3.05) is 6.54 Å². The largest absolute Gasteiger partial charge is 0.481 e. The molecule has 0 spiro atoms. The average molecular weight is 237 g/mol. The van der Waals surface area contributed by atoms with Gasteiger partial charge in [0.2, 0.25) is 0 Å². The molecule has 0 rings (SSSR count). The highest BCUT2D eigenvalue weighted by Gasteiger charge is 2.44. The average Bonchev–Trinajstić information content (AvgIpc) is 2.13. The van der Waals surface area contributed by atoms with Crippen molar-refractivity contribution in [2.24, 2.45) is 5.92 Å². The monoisotopic (exact) mass is 237 g/mol. The number of hydrogen-bond donors (Lipinski definition) is 2. The molecular weight excluding hydrogens is 223 g/mol. The van der Waals surface area contributed by atoms with Gasteiger partial charge in [-0.3, -0.25) is 4.79 Å². The highest BCUT2D eigenvalue weighted by molar-refractivity contribution is 5.71. The van der Waals surface area contributed by atoms with Gasteiger partial charge < -0.3 is 10.4 Å². The predicted molar refractivity (Wildman–Crippen MR) is 52.7 cm³/mol. The van der Waals surface area contributed by atoms with Crippen LogP contribution in [0.15, 0.2) is 0 Å². The van der Waals surface area contributed by atoms with Crippen LogP contribution in [0.2, 0.25) is 0 Å². The van der Waals surface area contributed by atoms with Crippen molar-refractivity contribution in [2.45, 2.75) is 32.0 Å². The normalized spacial score (nSPS) is 15.2. The number of carboxylic acids is 1. The van der Waals surface area contributed by atoms with Gasteiger partial charge in [0, 0.05) is 6.54 Å². The van der Waals surface area contributed by atoms with Crippen molar-refractivity contribution in [3.05, 3.63) is 0 Å². The Kier molecular flexibility index (Phi) is 5.89. The first-order valence-corrected chi connectivity index (χ1v) is 4.82. The Balaban J connectivity index is 4.34. The topological polar surface area (TPSA) is 49.3 Å². The molecule has 2 atom stereocenters. The molecule has 0 bridgehead atoms. The third-order valence-corrected chi connectivity index (χ3v) is 2.04. The van der Waals surface area contributed by atoms with E-state index in [0.717, 1.165) is 0 Å². The molecule has 0 aromatic carbocycles. The Hall–Kier alpha value is -1.22. The first kappa shape index (κ1) is 14.8. The number of carboxylic acid groups (broad SMARTS) is 1. The molecule has 6 heteroatoms. The lowest BCUT2D eigenvalue weighted by Crippen LogP contribution is -2.42. The van der Waals surface area contributed by atoms with Crippen LogP contribution < -0.4 is 5.32 Å². The van der Waals surface area contributed by atoms with Crippen LogP contribution in [0.5, 0.6) is 0 Å². The van der Waals surface area contributed by atoms with Gasteiger partial charge in [-0.2, -0.15) is 13.2 Å². The maximum atomic E-state index is 12.2. The molecule has 2 unspecified atom stereocenters. The second-order valence-electron chi connectivity index (χ2n) is 3.35. The maximum Gasteiger partial charge on any atom is 0.403 e. The molecule has 0 radical (unpaired) electrons. The third-order valence-electron chi connectivity index (χ3n) is 2.04. The van der Waals surface area contributed by atoms with Crippen LogP contribution in [0.4, 0.5) is 13.2 Å². The van der Waals surface area contributed by atoms with Gasteiger partial charge in [0.05, 0.1) is 6.04 Å². The molecule has 0 aromatic rings. The van der Waals surface area contributed by atoms with Gasteiger partial charge in [0.25, 0.3) is 0 Å². The Morgan fingerprint density at radius 1 is 1.56 bits per heavy atom. The Bertz CT molecular complexity index is 270. The lowest BCUT2D eigenvalue weighted by molar-refractivity contribution is -0.192. The van der Waals surface area contributed by atoms with Gasteiger partial charge in [0.1, 0.15) is 0 Å². The summed E-state index contributed by atoms with van der Waals surface area (Å²) < 4.78 is 36.7. The minimum atomic E-state index is -4.76. The second kappa shape index (κ2) is 6.38. The third kappa shape index (κ3) is 5.03. The molecule has 0 heterocycles. The standard InChI is InChI=1S/C10H14F3NO2/c1-3-5-7(4-2)14-6-8(9(15)16)10(11,12)13/h2,7-8,14H,3,5-6H2,1H3,(H,15,16). The van der Waals surface area contributed by atoms with Crippen molar-refractivity contribution in [1.82, 2.24) is 5.32 Å². The van der Waals surface area contributed by atoms with Gasteiger partial charge in [-0.05, 0) is 6.42 Å². The molecule has 16 heavy (non-hydrogen) atoms. The summed E-state index contributed by atoms with van der Waals surface area (Å²) in [6.45, 7) is 1.14. The molecule has 92 valence electrons. The molecule has 0 aliphatic heterocycles. The predicted octanol–water partition coefficient (Wildman–Crippen LogP) is 1.64. The number of nitrogens with one attached hydrogen (secondary N) is 1. The minimum Gasteiger partial charge on any atom is -0.481 e. The Morgan fingerprint density at radius 3 is 2.44 bits per heavy atom. The molecular formula is C10H14F3NO2. The summed E-state index contributed by atoms with van der Waals surface area (Å²) in [5.74, 6) is -2.04. The zero-order chi connectivity index (χ0) is 12.8.